The third-order valence-corrected chi connectivity index (χ3v) is 3.48. The van der Waals surface area contributed by atoms with Gasteiger partial charge in [-0.2, -0.15) is 0 Å². The molecule has 2 aromatic rings. The van der Waals surface area contributed by atoms with Gasteiger partial charge in [0.25, 0.3) is 0 Å². The van der Waals surface area contributed by atoms with Crippen LogP contribution in [0.3, 0.4) is 0 Å². The molecule has 0 aliphatic carbocycles. The van der Waals surface area contributed by atoms with E-state index in [1.54, 1.807) is 18.2 Å². The number of carbonyl (C=O) groups is 1. The van der Waals surface area contributed by atoms with Crippen LogP contribution in [-0.4, -0.2) is 11.1 Å². The fourth-order valence-electron chi connectivity index (χ4n) is 2.04. The molecule has 0 aromatic heterocycles. The van der Waals surface area contributed by atoms with Gasteiger partial charge >= 0.3 is 5.97 Å². The molecular formula is C16H16ClNO2. The van der Waals surface area contributed by atoms with Crippen LogP contribution >= 0.6 is 11.6 Å². The standard InChI is InChI=1S/C16H16ClNO2/c1-10-8-14(17)5-3-13(10)9-18-15-6-4-12(16(19)20)7-11(15)2/h3-8,18H,9H2,1-2H3,(H,19,20). The maximum Gasteiger partial charge on any atom is 0.335 e. The van der Waals surface area contributed by atoms with Crippen LogP contribution in [0.5, 0.6) is 0 Å². The molecule has 4 heteroatoms. The van der Waals surface area contributed by atoms with Crippen LogP contribution in [-0.2, 0) is 6.54 Å². The van der Waals surface area contributed by atoms with Gasteiger partial charge < -0.3 is 10.4 Å². The quantitative estimate of drug-likeness (QED) is 0.884. The van der Waals surface area contributed by atoms with Crippen molar-refractivity contribution in [2.45, 2.75) is 20.4 Å². The maximum atomic E-state index is 10.9. The summed E-state index contributed by atoms with van der Waals surface area (Å²) in [5.74, 6) is -0.909. The zero-order chi connectivity index (χ0) is 14.7. The number of carboxylic acids is 1. The monoisotopic (exact) mass is 289 g/mol. The number of benzene rings is 2. The molecule has 0 radical (unpaired) electrons. The predicted molar refractivity (Wildman–Crippen MR) is 81.7 cm³/mol. The van der Waals surface area contributed by atoms with E-state index in [0.29, 0.717) is 12.1 Å². The molecule has 2 N–H and O–H groups in total. The summed E-state index contributed by atoms with van der Waals surface area (Å²) in [6, 6.07) is 10.9. The Kier molecular flexibility index (Phi) is 4.30. The minimum Gasteiger partial charge on any atom is -0.478 e. The number of halogens is 1. The van der Waals surface area contributed by atoms with Gasteiger partial charge in [0.2, 0.25) is 0 Å². The van der Waals surface area contributed by atoms with E-state index in [1.807, 2.05) is 32.0 Å². The Morgan fingerprint density at radius 2 is 1.90 bits per heavy atom. The molecule has 3 nitrogen and oxygen atoms in total. The molecule has 104 valence electrons. The molecule has 2 aromatic carbocycles. The van der Waals surface area contributed by atoms with Crippen molar-refractivity contribution in [3.8, 4) is 0 Å². The molecule has 0 unspecified atom stereocenters. The summed E-state index contributed by atoms with van der Waals surface area (Å²) in [5, 5.41) is 13.0. The van der Waals surface area contributed by atoms with E-state index < -0.39 is 5.97 Å². The van der Waals surface area contributed by atoms with Gasteiger partial charge in [-0.15, -0.1) is 0 Å². The first kappa shape index (κ1) is 14.4. The summed E-state index contributed by atoms with van der Waals surface area (Å²) >= 11 is 5.93. The fraction of sp³-hybridized carbons (Fsp3) is 0.188. The van der Waals surface area contributed by atoms with Gasteiger partial charge in [0.15, 0.2) is 0 Å². The SMILES string of the molecule is Cc1cc(Cl)ccc1CNc1ccc(C(=O)O)cc1C. The molecular weight excluding hydrogens is 274 g/mol. The lowest BCUT2D eigenvalue weighted by molar-refractivity contribution is 0.0697. The van der Waals surface area contributed by atoms with Gasteiger partial charge in [0.1, 0.15) is 0 Å². The zero-order valence-corrected chi connectivity index (χ0v) is 12.2. The Labute approximate surface area is 123 Å². The lowest BCUT2D eigenvalue weighted by Gasteiger charge is -2.12. The third-order valence-electron chi connectivity index (χ3n) is 3.25. The molecule has 0 saturated carbocycles. The number of rotatable bonds is 4. The fourth-order valence-corrected chi connectivity index (χ4v) is 2.27. The molecule has 0 atom stereocenters. The highest BCUT2D eigenvalue weighted by atomic mass is 35.5. The van der Waals surface area contributed by atoms with Crippen LogP contribution < -0.4 is 5.32 Å². The van der Waals surface area contributed by atoms with Gasteiger partial charge in [-0.25, -0.2) is 4.79 Å². The molecule has 0 heterocycles. The summed E-state index contributed by atoms with van der Waals surface area (Å²) in [5.41, 5.74) is 4.44. The first-order valence-corrected chi connectivity index (χ1v) is 6.68. The number of nitrogens with one attached hydrogen (secondary N) is 1. The molecule has 0 bridgehead atoms. The van der Waals surface area contributed by atoms with E-state index in [-0.39, 0.29) is 0 Å². The number of carboxylic acid groups (broad SMARTS) is 1. The Morgan fingerprint density at radius 3 is 2.50 bits per heavy atom. The lowest BCUT2D eigenvalue weighted by Crippen LogP contribution is -2.04. The van der Waals surface area contributed by atoms with Crippen molar-refractivity contribution in [2.75, 3.05) is 5.32 Å². The van der Waals surface area contributed by atoms with Gasteiger partial charge in [-0.3, -0.25) is 0 Å². The second-order valence-corrected chi connectivity index (χ2v) is 5.20. The minimum atomic E-state index is -0.909. The molecule has 0 fully saturated rings. The van der Waals surface area contributed by atoms with Crippen LogP contribution in [0.2, 0.25) is 5.02 Å². The van der Waals surface area contributed by atoms with Gasteiger partial charge in [-0.05, 0) is 60.9 Å². The molecule has 0 aliphatic rings. The van der Waals surface area contributed by atoms with E-state index in [2.05, 4.69) is 5.32 Å². The van der Waals surface area contributed by atoms with Crippen molar-refractivity contribution in [1.82, 2.24) is 0 Å². The van der Waals surface area contributed by atoms with Gasteiger partial charge in [-0.1, -0.05) is 17.7 Å². The molecule has 0 saturated heterocycles. The largest absolute Gasteiger partial charge is 0.478 e. The molecule has 20 heavy (non-hydrogen) atoms. The van der Waals surface area contributed by atoms with Crippen LogP contribution in [0.1, 0.15) is 27.0 Å². The van der Waals surface area contributed by atoms with Crippen LogP contribution in [0.4, 0.5) is 5.69 Å². The molecule has 0 spiro atoms. The second-order valence-electron chi connectivity index (χ2n) is 4.76. The van der Waals surface area contributed by atoms with E-state index >= 15 is 0 Å². The third kappa shape index (κ3) is 3.31. The van der Waals surface area contributed by atoms with Crippen molar-refractivity contribution in [2.24, 2.45) is 0 Å². The van der Waals surface area contributed by atoms with E-state index in [9.17, 15) is 4.79 Å². The molecule has 0 amide bonds. The highest BCUT2D eigenvalue weighted by Gasteiger charge is 2.06. The Bertz CT molecular complexity index is 653. The summed E-state index contributed by atoms with van der Waals surface area (Å²) in [7, 11) is 0. The molecule has 0 aliphatic heterocycles. The van der Waals surface area contributed by atoms with Crippen molar-refractivity contribution in [3.63, 3.8) is 0 Å². The average molecular weight is 290 g/mol. The summed E-state index contributed by atoms with van der Waals surface area (Å²) in [6.45, 7) is 4.59. The van der Waals surface area contributed by atoms with Crippen LogP contribution in [0.25, 0.3) is 0 Å². The van der Waals surface area contributed by atoms with Gasteiger partial charge in [0.05, 0.1) is 5.56 Å². The normalized spacial score (nSPS) is 10.3. The lowest BCUT2D eigenvalue weighted by atomic mass is 10.1. The summed E-state index contributed by atoms with van der Waals surface area (Å²) in [4.78, 5) is 10.9. The Balaban J connectivity index is 2.13. The number of hydrogen-bond donors (Lipinski definition) is 2. The van der Waals surface area contributed by atoms with Crippen molar-refractivity contribution >= 4 is 23.3 Å². The Morgan fingerprint density at radius 1 is 1.15 bits per heavy atom. The second kappa shape index (κ2) is 5.97. The molecule has 2 rings (SSSR count). The maximum absolute atomic E-state index is 10.9. The summed E-state index contributed by atoms with van der Waals surface area (Å²) in [6.07, 6.45) is 0. The van der Waals surface area contributed by atoms with Crippen molar-refractivity contribution < 1.29 is 9.90 Å². The number of anilines is 1. The zero-order valence-electron chi connectivity index (χ0n) is 11.4. The average Bonchev–Trinajstić information content (AvgIpc) is 2.38. The topological polar surface area (TPSA) is 49.3 Å². The minimum absolute atomic E-state index is 0.302. The Hall–Kier alpha value is -2.00. The van der Waals surface area contributed by atoms with Crippen molar-refractivity contribution in [3.05, 3.63) is 63.7 Å². The first-order valence-electron chi connectivity index (χ1n) is 6.30. The van der Waals surface area contributed by atoms with Crippen molar-refractivity contribution in [1.29, 1.82) is 0 Å². The number of aromatic carboxylic acids is 1. The number of aryl methyl sites for hydroxylation is 2. The first-order chi connectivity index (χ1) is 9.47. The predicted octanol–water partition coefficient (Wildman–Crippen LogP) is 4.27. The van der Waals surface area contributed by atoms with Crippen LogP contribution in [0, 0.1) is 13.8 Å². The smallest absolute Gasteiger partial charge is 0.335 e. The van der Waals surface area contributed by atoms with E-state index in [4.69, 9.17) is 16.7 Å². The van der Waals surface area contributed by atoms with E-state index in [0.717, 1.165) is 27.4 Å². The van der Waals surface area contributed by atoms with E-state index in [1.165, 1.54) is 0 Å². The summed E-state index contributed by atoms with van der Waals surface area (Å²) < 4.78 is 0. The van der Waals surface area contributed by atoms with Crippen LogP contribution in [0.15, 0.2) is 36.4 Å². The number of hydrogen-bond acceptors (Lipinski definition) is 2. The van der Waals surface area contributed by atoms with Gasteiger partial charge in [0, 0.05) is 17.3 Å². The highest BCUT2D eigenvalue weighted by Crippen LogP contribution is 2.20. The highest BCUT2D eigenvalue weighted by molar-refractivity contribution is 6.30.